The van der Waals surface area contributed by atoms with Crippen molar-refractivity contribution < 1.29 is 13.2 Å². The molecule has 0 aliphatic carbocycles. The molecule has 6 heteroatoms. The first kappa shape index (κ1) is 15.7. The third-order valence-corrected chi connectivity index (χ3v) is 4.17. The second-order valence-corrected chi connectivity index (χ2v) is 5.98. The van der Waals surface area contributed by atoms with Crippen molar-refractivity contribution in [2.75, 3.05) is 13.6 Å². The summed E-state index contributed by atoms with van der Waals surface area (Å²) in [6, 6.07) is 6.61. The summed E-state index contributed by atoms with van der Waals surface area (Å²) in [7, 11) is -1.81. The van der Waals surface area contributed by atoms with Crippen molar-refractivity contribution in [3.05, 3.63) is 29.8 Å². The Balaban J connectivity index is 2.68. The Hall–Kier alpha value is -1.40. The van der Waals surface area contributed by atoms with Gasteiger partial charge in [-0.05, 0) is 30.5 Å². The number of amides is 1. The van der Waals surface area contributed by atoms with E-state index < -0.39 is 10.0 Å². The summed E-state index contributed by atoms with van der Waals surface area (Å²) < 4.78 is 26.2. The molecule has 0 radical (unpaired) electrons. The third kappa shape index (κ3) is 5.00. The first-order valence-electron chi connectivity index (χ1n) is 6.28. The predicted octanol–water partition coefficient (Wildman–Crippen LogP) is 1.05. The fraction of sp³-hybridized carbons (Fsp3) is 0.462. The van der Waals surface area contributed by atoms with Gasteiger partial charge in [-0.1, -0.05) is 19.1 Å². The lowest BCUT2D eigenvalue weighted by Gasteiger charge is -2.06. The minimum atomic E-state index is -3.40. The van der Waals surface area contributed by atoms with Crippen LogP contribution in [0.3, 0.4) is 0 Å². The zero-order valence-corrected chi connectivity index (χ0v) is 12.1. The minimum absolute atomic E-state index is 0.0266. The first-order valence-corrected chi connectivity index (χ1v) is 7.77. The van der Waals surface area contributed by atoms with Crippen molar-refractivity contribution in [3.8, 4) is 0 Å². The van der Waals surface area contributed by atoms with E-state index in [0.29, 0.717) is 19.4 Å². The molecule has 0 aliphatic heterocycles. The standard InChI is InChI=1S/C13H20N2O3S/c1-3-10-15-19(17,18)12-7-4-11(5-8-12)6-9-13(16)14-2/h4-5,7-8,15H,3,6,9-10H2,1-2H3,(H,14,16). The average molecular weight is 284 g/mol. The monoisotopic (exact) mass is 284 g/mol. The molecule has 0 unspecified atom stereocenters. The van der Waals surface area contributed by atoms with Crippen LogP contribution >= 0.6 is 0 Å². The van der Waals surface area contributed by atoms with Crippen molar-refractivity contribution in [2.24, 2.45) is 0 Å². The van der Waals surface area contributed by atoms with Gasteiger partial charge in [0.1, 0.15) is 0 Å². The van der Waals surface area contributed by atoms with E-state index in [0.717, 1.165) is 12.0 Å². The molecule has 1 aromatic carbocycles. The van der Waals surface area contributed by atoms with Crippen molar-refractivity contribution in [3.63, 3.8) is 0 Å². The maximum absolute atomic E-state index is 11.8. The number of aryl methyl sites for hydroxylation is 1. The van der Waals surface area contributed by atoms with Gasteiger partial charge in [0.2, 0.25) is 15.9 Å². The van der Waals surface area contributed by atoms with E-state index in [1.54, 1.807) is 31.3 Å². The van der Waals surface area contributed by atoms with Crippen molar-refractivity contribution in [1.29, 1.82) is 0 Å². The lowest BCUT2D eigenvalue weighted by Crippen LogP contribution is -2.24. The topological polar surface area (TPSA) is 75.3 Å². The molecule has 1 amide bonds. The zero-order valence-electron chi connectivity index (χ0n) is 11.3. The second-order valence-electron chi connectivity index (χ2n) is 4.21. The highest BCUT2D eigenvalue weighted by atomic mass is 32.2. The summed E-state index contributed by atoms with van der Waals surface area (Å²) in [5, 5.41) is 2.55. The van der Waals surface area contributed by atoms with Gasteiger partial charge in [-0.15, -0.1) is 0 Å². The third-order valence-electron chi connectivity index (χ3n) is 2.70. The highest BCUT2D eigenvalue weighted by molar-refractivity contribution is 7.89. The largest absolute Gasteiger partial charge is 0.359 e. The molecule has 1 rings (SSSR count). The summed E-state index contributed by atoms with van der Waals surface area (Å²) in [4.78, 5) is 11.4. The number of benzene rings is 1. The molecule has 0 saturated carbocycles. The normalized spacial score (nSPS) is 11.3. The molecule has 5 nitrogen and oxygen atoms in total. The quantitative estimate of drug-likeness (QED) is 0.786. The van der Waals surface area contributed by atoms with E-state index in [9.17, 15) is 13.2 Å². The molecule has 19 heavy (non-hydrogen) atoms. The van der Waals surface area contributed by atoms with E-state index in [2.05, 4.69) is 10.0 Å². The molecule has 0 saturated heterocycles. The molecule has 0 atom stereocenters. The number of hydrogen-bond donors (Lipinski definition) is 2. The highest BCUT2D eigenvalue weighted by Crippen LogP contribution is 2.11. The number of nitrogens with one attached hydrogen (secondary N) is 2. The van der Waals surface area contributed by atoms with E-state index in [4.69, 9.17) is 0 Å². The predicted molar refractivity (Wildman–Crippen MR) is 74.3 cm³/mol. The molecule has 106 valence electrons. The zero-order chi connectivity index (χ0) is 14.3. The van der Waals surface area contributed by atoms with E-state index in [-0.39, 0.29) is 10.8 Å². The first-order chi connectivity index (χ1) is 8.99. The van der Waals surface area contributed by atoms with Crippen LogP contribution in [-0.2, 0) is 21.2 Å². The van der Waals surface area contributed by atoms with Gasteiger partial charge in [0, 0.05) is 20.0 Å². The van der Waals surface area contributed by atoms with Gasteiger partial charge in [-0.3, -0.25) is 4.79 Å². The maximum Gasteiger partial charge on any atom is 0.240 e. The van der Waals surface area contributed by atoms with Crippen LogP contribution in [-0.4, -0.2) is 27.9 Å². The molecule has 0 aliphatic rings. The van der Waals surface area contributed by atoms with Gasteiger partial charge in [0.25, 0.3) is 0 Å². The maximum atomic E-state index is 11.8. The average Bonchev–Trinajstić information content (AvgIpc) is 2.43. The van der Waals surface area contributed by atoms with Crippen LogP contribution in [0.5, 0.6) is 0 Å². The van der Waals surface area contributed by atoms with E-state index in [1.807, 2.05) is 6.92 Å². The number of hydrogen-bond acceptors (Lipinski definition) is 3. The van der Waals surface area contributed by atoms with Crippen LogP contribution in [0.15, 0.2) is 29.2 Å². The Bertz CT molecular complexity index is 509. The molecular weight excluding hydrogens is 264 g/mol. The fourth-order valence-corrected chi connectivity index (χ4v) is 2.67. The Morgan fingerprint density at radius 2 is 1.84 bits per heavy atom. The van der Waals surface area contributed by atoms with Crippen LogP contribution < -0.4 is 10.0 Å². The van der Waals surface area contributed by atoms with Gasteiger partial charge < -0.3 is 5.32 Å². The Kier molecular flexibility index (Phi) is 5.98. The lowest BCUT2D eigenvalue weighted by atomic mass is 10.1. The Morgan fingerprint density at radius 1 is 1.21 bits per heavy atom. The summed E-state index contributed by atoms with van der Waals surface area (Å²) in [6.45, 7) is 2.34. The van der Waals surface area contributed by atoms with Gasteiger partial charge in [-0.25, -0.2) is 13.1 Å². The van der Waals surface area contributed by atoms with Crippen molar-refractivity contribution >= 4 is 15.9 Å². The number of rotatable bonds is 7. The molecule has 1 aromatic rings. The van der Waals surface area contributed by atoms with Crippen LogP contribution in [0, 0.1) is 0 Å². The number of sulfonamides is 1. The number of carbonyl (C=O) groups excluding carboxylic acids is 1. The summed E-state index contributed by atoms with van der Waals surface area (Å²) in [5.41, 5.74) is 0.943. The molecule has 0 aromatic heterocycles. The van der Waals surface area contributed by atoms with Crippen molar-refractivity contribution in [2.45, 2.75) is 31.1 Å². The van der Waals surface area contributed by atoms with Crippen molar-refractivity contribution in [1.82, 2.24) is 10.0 Å². The molecule has 0 fully saturated rings. The molecule has 0 heterocycles. The highest BCUT2D eigenvalue weighted by Gasteiger charge is 2.12. The molecule has 0 bridgehead atoms. The van der Waals surface area contributed by atoms with Gasteiger partial charge >= 0.3 is 0 Å². The van der Waals surface area contributed by atoms with E-state index >= 15 is 0 Å². The van der Waals surface area contributed by atoms with Gasteiger partial charge in [0.15, 0.2) is 0 Å². The van der Waals surface area contributed by atoms with Crippen LogP contribution in [0.1, 0.15) is 25.3 Å². The van der Waals surface area contributed by atoms with Gasteiger partial charge in [-0.2, -0.15) is 0 Å². The van der Waals surface area contributed by atoms with Gasteiger partial charge in [0.05, 0.1) is 4.90 Å². The Morgan fingerprint density at radius 3 is 2.37 bits per heavy atom. The van der Waals surface area contributed by atoms with Crippen LogP contribution in [0.2, 0.25) is 0 Å². The molecule has 2 N–H and O–H groups in total. The van der Waals surface area contributed by atoms with E-state index in [1.165, 1.54) is 0 Å². The molecular formula is C13H20N2O3S. The summed E-state index contributed by atoms with van der Waals surface area (Å²) >= 11 is 0. The smallest absolute Gasteiger partial charge is 0.240 e. The van der Waals surface area contributed by atoms with Crippen LogP contribution in [0.4, 0.5) is 0 Å². The summed E-state index contributed by atoms with van der Waals surface area (Å²) in [6.07, 6.45) is 1.75. The SMILES string of the molecule is CCCNS(=O)(=O)c1ccc(CCC(=O)NC)cc1. The second kappa shape index (κ2) is 7.25. The van der Waals surface area contributed by atoms with Crippen LogP contribution in [0.25, 0.3) is 0 Å². The fourth-order valence-electron chi connectivity index (χ4n) is 1.54. The number of carbonyl (C=O) groups is 1. The summed E-state index contributed by atoms with van der Waals surface area (Å²) in [5.74, 6) is -0.0266. The Labute approximate surface area is 114 Å². The minimum Gasteiger partial charge on any atom is -0.359 e. The lowest BCUT2D eigenvalue weighted by molar-refractivity contribution is -0.120. The molecule has 0 spiro atoms.